The van der Waals surface area contributed by atoms with E-state index in [4.69, 9.17) is 23.6 Å². The van der Waals surface area contributed by atoms with Gasteiger partial charge in [-0.1, -0.05) is 27.7 Å². The number of amides is 1. The molecule has 5 rings (SSSR count). The van der Waals surface area contributed by atoms with Crippen LogP contribution in [0.1, 0.15) is 72.4 Å². The molecule has 1 aromatic carbocycles. The number of aromatic nitrogens is 3. The van der Waals surface area contributed by atoms with E-state index in [9.17, 15) is 10.1 Å². The van der Waals surface area contributed by atoms with Crippen LogP contribution in [0.15, 0.2) is 42.7 Å². The molecule has 0 radical (unpaired) electrons. The first-order valence-electron chi connectivity index (χ1n) is 16.5. The van der Waals surface area contributed by atoms with Crippen molar-refractivity contribution in [2.75, 3.05) is 36.6 Å². The molecule has 3 aromatic rings. The summed E-state index contributed by atoms with van der Waals surface area (Å²) in [4.78, 5) is 28.8. The summed E-state index contributed by atoms with van der Waals surface area (Å²) in [5.74, 6) is 0.784. The van der Waals surface area contributed by atoms with Gasteiger partial charge in [0.15, 0.2) is 8.32 Å². The number of hydrogen-bond acceptors (Lipinski definition) is 10. The maximum absolute atomic E-state index is 13.6. The number of carbonyl (C=O) groups is 1. The van der Waals surface area contributed by atoms with Crippen LogP contribution in [0.4, 0.5) is 22.1 Å². The van der Waals surface area contributed by atoms with Gasteiger partial charge in [0.05, 0.1) is 23.0 Å². The molecule has 2 aromatic heterocycles. The number of hydrogen-bond donors (Lipinski definition) is 1. The van der Waals surface area contributed by atoms with Crippen LogP contribution >= 0.6 is 0 Å². The van der Waals surface area contributed by atoms with Gasteiger partial charge in [-0.2, -0.15) is 5.26 Å². The molecule has 0 aliphatic carbocycles. The number of anilines is 3. The summed E-state index contributed by atoms with van der Waals surface area (Å²) in [7, 11) is -2.14. The number of rotatable bonds is 9. The second-order valence-electron chi connectivity index (χ2n) is 15.4. The Morgan fingerprint density at radius 3 is 2.60 bits per heavy atom. The fraction of sp³-hybridized carbons (Fsp3) is 0.528. The summed E-state index contributed by atoms with van der Waals surface area (Å²) in [6.45, 7) is 20.5. The van der Waals surface area contributed by atoms with Crippen LogP contribution in [0.2, 0.25) is 18.1 Å². The molecule has 0 saturated carbocycles. The largest absolute Gasteiger partial charge is 0.473 e. The van der Waals surface area contributed by atoms with Gasteiger partial charge in [0, 0.05) is 43.1 Å². The van der Waals surface area contributed by atoms with Gasteiger partial charge < -0.3 is 24.0 Å². The molecular formula is C36H48N6O5Si. The maximum atomic E-state index is 13.6. The molecule has 1 amide bonds. The molecule has 2 aliphatic rings. The van der Waals surface area contributed by atoms with E-state index in [1.807, 2.05) is 39.0 Å². The molecule has 11 nitrogen and oxygen atoms in total. The average molecular weight is 673 g/mol. The van der Waals surface area contributed by atoms with Crippen LogP contribution in [-0.4, -0.2) is 67.4 Å². The molecule has 0 unspecified atom stereocenters. The third-order valence-electron chi connectivity index (χ3n) is 9.23. The highest BCUT2D eigenvalue weighted by Gasteiger charge is 2.47. The summed E-state index contributed by atoms with van der Waals surface area (Å²) >= 11 is 0. The monoisotopic (exact) mass is 672 g/mol. The van der Waals surface area contributed by atoms with Crippen LogP contribution in [0.5, 0.6) is 5.88 Å². The molecule has 1 fully saturated rings. The lowest BCUT2D eigenvalue weighted by Crippen LogP contribution is -2.46. The van der Waals surface area contributed by atoms with Crippen LogP contribution in [-0.2, 0) is 19.3 Å². The lowest BCUT2D eigenvalue weighted by molar-refractivity contribution is 0.0575. The molecule has 48 heavy (non-hydrogen) atoms. The van der Waals surface area contributed by atoms with Crippen molar-refractivity contribution >= 4 is 31.7 Å². The van der Waals surface area contributed by atoms with Crippen molar-refractivity contribution in [2.24, 2.45) is 0 Å². The highest BCUT2D eigenvalue weighted by atomic mass is 28.4. The van der Waals surface area contributed by atoms with Gasteiger partial charge in [-0.15, -0.1) is 0 Å². The lowest BCUT2D eigenvalue weighted by atomic mass is 9.83. The highest BCUT2D eigenvalue weighted by Crippen LogP contribution is 2.47. The summed E-state index contributed by atoms with van der Waals surface area (Å²) in [5.41, 5.74) is 2.40. The van der Waals surface area contributed by atoms with Crippen molar-refractivity contribution in [1.29, 1.82) is 5.26 Å². The second-order valence-corrected chi connectivity index (χ2v) is 20.2. The van der Waals surface area contributed by atoms with Crippen molar-refractivity contribution in [1.82, 2.24) is 15.0 Å². The topological polar surface area (TPSA) is 132 Å². The smallest absolute Gasteiger partial charge is 0.414 e. The second kappa shape index (κ2) is 13.5. The number of nitrogens with zero attached hydrogens (tertiary/aromatic N) is 5. The van der Waals surface area contributed by atoms with E-state index in [-0.39, 0.29) is 11.1 Å². The van der Waals surface area contributed by atoms with Gasteiger partial charge in [0.2, 0.25) is 11.8 Å². The van der Waals surface area contributed by atoms with Crippen LogP contribution < -0.4 is 15.0 Å². The molecule has 0 bridgehead atoms. The lowest BCUT2D eigenvalue weighted by Gasteiger charge is -2.39. The number of nitriles is 1. The molecule has 0 spiro atoms. The number of ether oxygens (including phenoxy) is 3. The average Bonchev–Trinajstić information content (AvgIpc) is 3.65. The molecule has 1 saturated heterocycles. The SMILES string of the molecule is CC(C)(C)OC(=O)N1C[C@](C)(CO[Si](C)(C)C(C)(C)C)c2cc(-c3ccnc(Nc4cccnc4OC[C@@H]4CCCO4)n3)cc(C#N)c21. The van der Waals surface area contributed by atoms with Gasteiger partial charge >= 0.3 is 6.09 Å². The Morgan fingerprint density at radius 2 is 1.94 bits per heavy atom. The van der Waals surface area contributed by atoms with E-state index >= 15 is 0 Å². The molecule has 1 N–H and O–H groups in total. The number of nitrogens with one attached hydrogen (secondary N) is 1. The Morgan fingerprint density at radius 1 is 1.17 bits per heavy atom. The summed E-state index contributed by atoms with van der Waals surface area (Å²) in [5, 5.41) is 13.7. The van der Waals surface area contributed by atoms with Crippen molar-refractivity contribution in [3.8, 4) is 23.2 Å². The third-order valence-corrected chi connectivity index (χ3v) is 13.7. The number of carbonyl (C=O) groups excluding carboxylic acids is 1. The van der Waals surface area contributed by atoms with Crippen molar-refractivity contribution in [3.05, 3.63) is 53.9 Å². The predicted octanol–water partition coefficient (Wildman–Crippen LogP) is 7.75. The summed E-state index contributed by atoms with van der Waals surface area (Å²) < 4.78 is 24.3. The molecule has 2 aliphatic heterocycles. The van der Waals surface area contributed by atoms with Gasteiger partial charge in [-0.3, -0.25) is 4.90 Å². The first-order valence-corrected chi connectivity index (χ1v) is 19.4. The fourth-order valence-electron chi connectivity index (χ4n) is 5.53. The van der Waals surface area contributed by atoms with Gasteiger partial charge in [0.1, 0.15) is 24.0 Å². The fourth-order valence-corrected chi connectivity index (χ4v) is 6.65. The van der Waals surface area contributed by atoms with Crippen LogP contribution in [0.3, 0.4) is 0 Å². The summed E-state index contributed by atoms with van der Waals surface area (Å²) in [6.07, 6.45) is 4.89. The Labute approximate surface area is 285 Å². The minimum atomic E-state index is -2.14. The zero-order valence-electron chi connectivity index (χ0n) is 29.6. The molecule has 256 valence electrons. The van der Waals surface area contributed by atoms with E-state index in [0.717, 1.165) is 30.6 Å². The number of fused-ring (bicyclic) bond motifs is 1. The first kappa shape index (κ1) is 35.3. The first-order chi connectivity index (χ1) is 22.5. The van der Waals surface area contributed by atoms with E-state index in [1.165, 1.54) is 0 Å². The summed E-state index contributed by atoms with van der Waals surface area (Å²) in [6, 6.07) is 11.6. The van der Waals surface area contributed by atoms with Gasteiger partial charge in [-0.25, -0.2) is 19.7 Å². The predicted molar refractivity (Wildman–Crippen MR) is 188 cm³/mol. The zero-order chi connectivity index (χ0) is 34.9. The van der Waals surface area contributed by atoms with E-state index in [2.05, 4.69) is 62.1 Å². The molecule has 2 atom stereocenters. The Hall–Kier alpha value is -4.05. The Kier molecular flexibility index (Phi) is 9.88. The van der Waals surface area contributed by atoms with Crippen molar-refractivity contribution < 1.29 is 23.4 Å². The quantitative estimate of drug-likeness (QED) is 0.225. The normalized spacial score (nSPS) is 19.5. The van der Waals surface area contributed by atoms with E-state index < -0.39 is 25.4 Å². The minimum Gasteiger partial charge on any atom is -0.473 e. The number of pyridine rings is 1. The standard InChI is InChI=1S/C36H48N6O5Si/c1-34(2,3)47-33(43)42-22-36(7,23-46-48(8,9)35(4,5)6)27-19-24(18-25(20-37)30(27)42)28-14-16-39-32(40-28)41-29-13-10-15-38-31(29)45-21-26-12-11-17-44-26/h10,13-16,18-19,26H,11-12,17,21-23H2,1-9H3,(H,39,40,41)/t26-,36+/m0/s1. The van der Waals surface area contributed by atoms with Crippen LogP contribution in [0, 0.1) is 11.3 Å². The highest BCUT2D eigenvalue weighted by molar-refractivity contribution is 6.74. The third kappa shape index (κ3) is 7.80. The van der Waals surface area contributed by atoms with Gasteiger partial charge in [-0.05, 0) is 87.6 Å². The molecular weight excluding hydrogens is 625 g/mol. The molecule has 12 heteroatoms. The number of benzene rings is 1. The Balaban J connectivity index is 1.50. The van der Waals surface area contributed by atoms with E-state index in [1.54, 1.807) is 29.4 Å². The van der Waals surface area contributed by atoms with Gasteiger partial charge in [0.25, 0.3) is 0 Å². The maximum Gasteiger partial charge on any atom is 0.414 e. The zero-order valence-corrected chi connectivity index (χ0v) is 30.6. The van der Waals surface area contributed by atoms with E-state index in [0.29, 0.717) is 54.2 Å². The minimum absolute atomic E-state index is 0.00310. The van der Waals surface area contributed by atoms with Crippen LogP contribution in [0.25, 0.3) is 11.3 Å². The van der Waals surface area contributed by atoms with Crippen molar-refractivity contribution in [3.63, 3.8) is 0 Å². The Bertz CT molecular complexity index is 1690. The van der Waals surface area contributed by atoms with Crippen molar-refractivity contribution in [2.45, 2.75) is 96.6 Å². The molecule has 4 heterocycles.